The van der Waals surface area contributed by atoms with E-state index in [0.717, 1.165) is 4.47 Å². The molecule has 0 atom stereocenters. The van der Waals surface area contributed by atoms with Crippen LogP contribution in [0.15, 0.2) is 64.0 Å². The van der Waals surface area contributed by atoms with Crippen LogP contribution in [0, 0.1) is 10.1 Å². The van der Waals surface area contributed by atoms with Crippen LogP contribution in [0.25, 0.3) is 22.3 Å². The number of aromatic nitrogens is 5. The van der Waals surface area contributed by atoms with Crippen molar-refractivity contribution >= 4 is 44.0 Å². The van der Waals surface area contributed by atoms with Crippen LogP contribution in [0.5, 0.6) is 5.75 Å². The highest BCUT2D eigenvalue weighted by Gasteiger charge is 2.14. The number of nitro benzene ring substituents is 1. The second-order valence-corrected chi connectivity index (χ2v) is 8.81. The fourth-order valence-electron chi connectivity index (χ4n) is 3.17. The van der Waals surface area contributed by atoms with E-state index < -0.39 is 4.92 Å². The summed E-state index contributed by atoms with van der Waals surface area (Å²) in [5, 5.41) is 22.2. The maximum Gasteiger partial charge on any atom is 0.291 e. The molecule has 0 saturated carbocycles. The predicted molar refractivity (Wildman–Crippen MR) is 125 cm³/mol. The van der Waals surface area contributed by atoms with Crippen LogP contribution in [-0.4, -0.2) is 29.7 Å². The number of hydrogen-bond acceptors (Lipinski definition) is 8. The summed E-state index contributed by atoms with van der Waals surface area (Å²) in [5.41, 5.74) is 1.43. The number of benzene rings is 2. The van der Waals surface area contributed by atoms with Gasteiger partial charge in [0.15, 0.2) is 5.82 Å². The number of nitrogens with zero attached hydrogens (tertiary/aromatic N) is 5. The molecule has 3 heterocycles. The first kappa shape index (κ1) is 21.0. The number of H-pyrrole nitrogens is 1. The minimum absolute atomic E-state index is 0.0331. The van der Waals surface area contributed by atoms with Gasteiger partial charge in [0.1, 0.15) is 12.4 Å². The summed E-state index contributed by atoms with van der Waals surface area (Å²) >= 11 is 4.56. The van der Waals surface area contributed by atoms with Crippen molar-refractivity contribution in [1.82, 2.24) is 24.8 Å². The Morgan fingerprint density at radius 3 is 2.82 bits per heavy atom. The molecule has 3 aromatic heterocycles. The van der Waals surface area contributed by atoms with Gasteiger partial charge >= 0.3 is 0 Å². The average Bonchev–Trinajstić information content (AvgIpc) is 3.51. The Morgan fingerprint density at radius 2 is 2.06 bits per heavy atom. The third-order valence-electron chi connectivity index (χ3n) is 4.71. The number of nitro groups is 1. The van der Waals surface area contributed by atoms with Crippen LogP contribution in [-0.2, 0) is 6.61 Å². The van der Waals surface area contributed by atoms with Gasteiger partial charge in [0.2, 0.25) is 4.96 Å². The van der Waals surface area contributed by atoms with E-state index in [2.05, 4.69) is 36.2 Å². The molecule has 12 heteroatoms. The van der Waals surface area contributed by atoms with Gasteiger partial charge in [0, 0.05) is 27.7 Å². The first-order valence-electron chi connectivity index (χ1n) is 9.55. The number of ether oxygens (including phenoxy) is 1. The lowest BCUT2D eigenvalue weighted by molar-refractivity contribution is -0.384. The Hall–Kier alpha value is -3.90. The summed E-state index contributed by atoms with van der Waals surface area (Å²) in [5.74, 6) is 1.06. The highest BCUT2D eigenvalue weighted by atomic mass is 79.9. The van der Waals surface area contributed by atoms with Gasteiger partial charge in [-0.15, -0.1) is 5.10 Å². The molecule has 1 N–H and O–H groups in total. The number of halogens is 1. The Labute approximate surface area is 197 Å². The van der Waals surface area contributed by atoms with Crippen molar-refractivity contribution in [2.75, 3.05) is 0 Å². The first-order chi connectivity index (χ1) is 16.0. The van der Waals surface area contributed by atoms with E-state index in [-0.39, 0.29) is 17.9 Å². The van der Waals surface area contributed by atoms with Gasteiger partial charge < -0.3 is 4.74 Å². The Kier molecular flexibility index (Phi) is 5.44. The summed E-state index contributed by atoms with van der Waals surface area (Å²) in [6.45, 7) is 0.132. The minimum Gasteiger partial charge on any atom is -0.486 e. The van der Waals surface area contributed by atoms with E-state index in [9.17, 15) is 14.9 Å². The fourth-order valence-corrected chi connectivity index (χ4v) is 4.35. The zero-order valence-corrected chi connectivity index (χ0v) is 19.0. The van der Waals surface area contributed by atoms with Crippen molar-refractivity contribution in [3.8, 4) is 17.0 Å². The molecule has 0 spiro atoms. The van der Waals surface area contributed by atoms with Gasteiger partial charge in [-0.25, -0.2) is 0 Å². The second-order valence-electron chi connectivity index (χ2n) is 6.89. The summed E-state index contributed by atoms with van der Waals surface area (Å²) < 4.78 is 8.27. The van der Waals surface area contributed by atoms with Crippen molar-refractivity contribution in [3.05, 3.63) is 95.6 Å². The molecule has 2 aromatic carbocycles. The number of nitrogens with one attached hydrogen (secondary N) is 1. The Balaban J connectivity index is 1.43. The Morgan fingerprint density at radius 1 is 1.24 bits per heavy atom. The molecule has 0 unspecified atom stereocenters. The molecule has 5 rings (SSSR count). The summed E-state index contributed by atoms with van der Waals surface area (Å²) in [7, 11) is 0. The van der Waals surface area contributed by atoms with E-state index in [0.29, 0.717) is 37.9 Å². The number of fused-ring (bicyclic) bond motifs is 1. The average molecular weight is 525 g/mol. The smallest absolute Gasteiger partial charge is 0.291 e. The Bertz CT molecular complexity index is 1590. The highest BCUT2D eigenvalue weighted by molar-refractivity contribution is 9.10. The molecule has 0 saturated heterocycles. The summed E-state index contributed by atoms with van der Waals surface area (Å²) in [6.07, 6.45) is 3.22. The molecule has 0 amide bonds. The van der Waals surface area contributed by atoms with Crippen LogP contribution in [0.3, 0.4) is 0 Å². The van der Waals surface area contributed by atoms with Crippen molar-refractivity contribution in [3.63, 3.8) is 0 Å². The van der Waals surface area contributed by atoms with Gasteiger partial charge in [-0.3, -0.25) is 20.0 Å². The van der Waals surface area contributed by atoms with Gasteiger partial charge in [-0.05, 0) is 30.3 Å². The number of rotatable bonds is 6. The molecule has 0 radical (unpaired) electrons. The van der Waals surface area contributed by atoms with Crippen LogP contribution < -0.4 is 14.8 Å². The number of aromatic amines is 1. The molecule has 0 aliphatic rings. The second kappa shape index (κ2) is 8.56. The SMILES string of the molecule is O=c1c(=Cc2cn[nH]c2-c2cccc([N+](=O)[O-])c2)sc2nc(COc3ccc(Br)cc3)nn12. The molecule has 10 nitrogen and oxygen atoms in total. The highest BCUT2D eigenvalue weighted by Crippen LogP contribution is 2.25. The lowest BCUT2D eigenvalue weighted by Crippen LogP contribution is -2.24. The normalized spacial score (nSPS) is 11.8. The molecular weight excluding hydrogens is 512 g/mol. The van der Waals surface area contributed by atoms with Crippen LogP contribution in [0.2, 0.25) is 0 Å². The fraction of sp³-hybridized carbons (Fsp3) is 0.0476. The number of thiazole rings is 1. The molecule has 33 heavy (non-hydrogen) atoms. The topological polar surface area (TPSA) is 128 Å². The molecule has 0 bridgehead atoms. The lowest BCUT2D eigenvalue weighted by atomic mass is 10.1. The third-order valence-corrected chi connectivity index (χ3v) is 6.20. The zero-order valence-electron chi connectivity index (χ0n) is 16.6. The third kappa shape index (κ3) is 4.25. The van der Waals surface area contributed by atoms with E-state index in [4.69, 9.17) is 4.74 Å². The van der Waals surface area contributed by atoms with Crippen LogP contribution in [0.1, 0.15) is 11.4 Å². The van der Waals surface area contributed by atoms with Gasteiger partial charge in [-0.2, -0.15) is 14.6 Å². The van der Waals surface area contributed by atoms with E-state index in [1.54, 1.807) is 24.4 Å². The van der Waals surface area contributed by atoms with Gasteiger partial charge in [0.25, 0.3) is 11.2 Å². The predicted octanol–water partition coefficient (Wildman–Crippen LogP) is 3.34. The largest absolute Gasteiger partial charge is 0.486 e. The van der Waals surface area contributed by atoms with Crippen molar-refractivity contribution in [1.29, 1.82) is 0 Å². The van der Waals surface area contributed by atoms with E-state index >= 15 is 0 Å². The molecule has 0 aliphatic carbocycles. The minimum atomic E-state index is -0.461. The lowest BCUT2D eigenvalue weighted by Gasteiger charge is -2.02. The maximum absolute atomic E-state index is 12.8. The van der Waals surface area contributed by atoms with Crippen molar-refractivity contribution < 1.29 is 9.66 Å². The monoisotopic (exact) mass is 524 g/mol. The molecule has 164 valence electrons. The summed E-state index contributed by atoms with van der Waals surface area (Å²) in [6, 6.07) is 13.6. The number of non-ortho nitro benzene ring substituents is 1. The molecule has 5 aromatic rings. The molecule has 0 fully saturated rings. The molecule has 0 aliphatic heterocycles. The standard InChI is InChI=1S/C21H13BrN6O4S/c22-14-4-6-16(7-5-14)32-11-18-24-21-27(26-18)20(29)17(33-21)9-13-10-23-25-19(13)12-2-1-3-15(8-12)28(30)31/h1-10H,11H2,(H,23,25). The summed E-state index contributed by atoms with van der Waals surface area (Å²) in [4.78, 5) is 28.3. The first-order valence-corrected chi connectivity index (χ1v) is 11.2. The zero-order chi connectivity index (χ0) is 22.9. The van der Waals surface area contributed by atoms with Gasteiger partial charge in [-0.1, -0.05) is 39.4 Å². The van der Waals surface area contributed by atoms with Crippen molar-refractivity contribution in [2.45, 2.75) is 6.61 Å². The van der Waals surface area contributed by atoms with Crippen LogP contribution >= 0.6 is 27.3 Å². The van der Waals surface area contributed by atoms with E-state index in [1.165, 1.54) is 28.0 Å². The van der Waals surface area contributed by atoms with Gasteiger partial charge in [0.05, 0.1) is 21.3 Å². The maximum atomic E-state index is 12.8. The molecular formula is C21H13BrN6O4S. The van der Waals surface area contributed by atoms with E-state index in [1.807, 2.05) is 24.3 Å². The quantitative estimate of drug-likeness (QED) is 0.266. The van der Waals surface area contributed by atoms with Crippen LogP contribution in [0.4, 0.5) is 5.69 Å². The number of hydrogen-bond donors (Lipinski definition) is 1. The van der Waals surface area contributed by atoms with Crippen molar-refractivity contribution in [2.24, 2.45) is 0 Å².